The minimum atomic E-state index is -0.203. The second-order valence-corrected chi connectivity index (χ2v) is 9.31. The van der Waals surface area contributed by atoms with Gasteiger partial charge < -0.3 is 35.3 Å². The molecule has 0 unspecified atom stereocenters. The first-order valence-corrected chi connectivity index (χ1v) is 12.2. The van der Waals surface area contributed by atoms with E-state index >= 15 is 0 Å². The van der Waals surface area contributed by atoms with Crippen LogP contribution in [0.2, 0.25) is 0 Å². The van der Waals surface area contributed by atoms with Crippen molar-refractivity contribution < 1.29 is 14.6 Å². The normalized spacial score (nSPS) is 20.4. The number of carbonyl (C=O) groups excluding carboxylic acids is 1. The van der Waals surface area contributed by atoms with E-state index in [0.29, 0.717) is 13.1 Å². The number of fused-ring (bicyclic) bond motifs is 1. The molecule has 4 N–H and O–H groups in total. The van der Waals surface area contributed by atoms with Crippen LogP contribution < -0.4 is 16.0 Å². The van der Waals surface area contributed by atoms with Crippen molar-refractivity contribution in [3.8, 4) is 0 Å². The number of nitrogens with zero attached hydrogens (tertiary/aromatic N) is 4. The fraction of sp³-hybridized carbons (Fsp3) is 0.696. The Balaban J connectivity index is 1.45. The lowest BCUT2D eigenvalue weighted by Crippen LogP contribution is -2.43. The highest BCUT2D eigenvalue weighted by Crippen LogP contribution is 2.29. The van der Waals surface area contributed by atoms with Crippen molar-refractivity contribution in [1.29, 1.82) is 0 Å². The molecule has 4 heterocycles. The van der Waals surface area contributed by atoms with E-state index in [1.807, 2.05) is 24.2 Å². The van der Waals surface area contributed by atoms with Gasteiger partial charge in [-0.05, 0) is 46.1 Å². The molecule has 0 aliphatic carbocycles. The molecule has 0 aromatic carbocycles. The summed E-state index contributed by atoms with van der Waals surface area (Å²) in [4.78, 5) is 23.7. The number of amides is 1. The highest BCUT2D eigenvalue weighted by atomic mass is 16.6. The topological polar surface area (TPSA) is 117 Å². The Morgan fingerprint density at radius 1 is 1.33 bits per heavy atom. The number of aliphatic hydroxyl groups is 1. The molecule has 10 nitrogen and oxygen atoms in total. The van der Waals surface area contributed by atoms with Gasteiger partial charge >= 0.3 is 6.09 Å². The fourth-order valence-electron chi connectivity index (χ4n) is 4.43. The van der Waals surface area contributed by atoms with Crippen molar-refractivity contribution in [2.24, 2.45) is 0 Å². The average molecular weight is 460 g/mol. The average Bonchev–Trinajstić information content (AvgIpc) is 3.48. The van der Waals surface area contributed by atoms with Crippen molar-refractivity contribution in [2.75, 3.05) is 43.4 Å². The summed E-state index contributed by atoms with van der Waals surface area (Å²) in [7, 11) is 0. The monoisotopic (exact) mass is 459 g/mol. The Labute approximate surface area is 195 Å². The molecule has 0 saturated carbocycles. The van der Waals surface area contributed by atoms with Crippen LogP contribution in [0.5, 0.6) is 0 Å². The zero-order chi connectivity index (χ0) is 23.4. The Bertz CT molecular complexity index is 930. The number of imidazole rings is 1. The zero-order valence-electron chi connectivity index (χ0n) is 19.9. The summed E-state index contributed by atoms with van der Waals surface area (Å²) >= 11 is 0. The van der Waals surface area contributed by atoms with E-state index in [9.17, 15) is 9.90 Å². The Kier molecular flexibility index (Phi) is 7.54. The summed E-state index contributed by atoms with van der Waals surface area (Å²) in [5.74, 6) is 0.722. The van der Waals surface area contributed by atoms with E-state index in [0.717, 1.165) is 61.4 Å². The van der Waals surface area contributed by atoms with Crippen LogP contribution in [0.1, 0.15) is 52.5 Å². The van der Waals surface area contributed by atoms with Gasteiger partial charge in [0.15, 0.2) is 5.65 Å². The first kappa shape index (κ1) is 23.6. The van der Waals surface area contributed by atoms with E-state index < -0.39 is 0 Å². The van der Waals surface area contributed by atoms with Gasteiger partial charge in [0.2, 0.25) is 0 Å². The smallest absolute Gasteiger partial charge is 0.410 e. The number of aromatic nitrogens is 3. The van der Waals surface area contributed by atoms with Gasteiger partial charge in [0, 0.05) is 37.8 Å². The molecule has 10 heteroatoms. The number of pyridine rings is 1. The van der Waals surface area contributed by atoms with Gasteiger partial charge in [-0.2, -0.15) is 0 Å². The summed E-state index contributed by atoms with van der Waals surface area (Å²) in [6.07, 6.45) is 4.98. The maximum absolute atomic E-state index is 12.5. The van der Waals surface area contributed by atoms with Gasteiger partial charge in [-0.1, -0.05) is 6.92 Å². The van der Waals surface area contributed by atoms with E-state index in [1.54, 1.807) is 0 Å². The number of carbonyl (C=O) groups is 1. The van der Waals surface area contributed by atoms with Crippen molar-refractivity contribution in [2.45, 2.75) is 70.7 Å². The van der Waals surface area contributed by atoms with Gasteiger partial charge in [0.25, 0.3) is 0 Å². The standard InChI is InChI=1S/C23H37N7O3/c1-4-16(13-31)27-20-11-19(21-22(28-20)30(14-25-21)15(2)3)26-17-6-9-29(10-7-17)23(32)33-18-5-8-24-12-18/h11,14-18,24,31H,4-10,12-13H2,1-3H3,(H2,26,27,28)/t16-,18+/m1/s1. The van der Waals surface area contributed by atoms with E-state index in [-0.39, 0.29) is 36.9 Å². The molecule has 0 bridgehead atoms. The lowest BCUT2D eigenvalue weighted by molar-refractivity contribution is 0.0641. The van der Waals surface area contributed by atoms with Crippen LogP contribution >= 0.6 is 0 Å². The number of hydrogen-bond donors (Lipinski definition) is 4. The maximum Gasteiger partial charge on any atom is 0.410 e. The van der Waals surface area contributed by atoms with Gasteiger partial charge in [-0.25, -0.2) is 14.8 Å². The lowest BCUT2D eigenvalue weighted by Gasteiger charge is -2.33. The molecule has 182 valence electrons. The van der Waals surface area contributed by atoms with Crippen LogP contribution in [-0.2, 0) is 4.74 Å². The van der Waals surface area contributed by atoms with E-state index in [1.165, 1.54) is 0 Å². The zero-order valence-corrected chi connectivity index (χ0v) is 19.9. The number of nitrogens with one attached hydrogen (secondary N) is 3. The molecule has 2 atom stereocenters. The van der Waals surface area contributed by atoms with Crippen molar-refractivity contribution in [3.05, 3.63) is 12.4 Å². The number of likely N-dealkylation sites (tertiary alicyclic amines) is 1. The van der Waals surface area contributed by atoms with Gasteiger partial charge in [-0.15, -0.1) is 0 Å². The predicted molar refractivity (Wildman–Crippen MR) is 129 cm³/mol. The van der Waals surface area contributed by atoms with Crippen LogP contribution in [0.4, 0.5) is 16.3 Å². The summed E-state index contributed by atoms with van der Waals surface area (Å²) in [6, 6.07) is 2.38. The van der Waals surface area contributed by atoms with Crippen LogP contribution in [0.25, 0.3) is 11.2 Å². The van der Waals surface area contributed by atoms with Crippen LogP contribution in [0.15, 0.2) is 12.4 Å². The number of aliphatic hydroxyl groups excluding tert-OH is 1. The third kappa shape index (κ3) is 5.50. The molecule has 0 radical (unpaired) electrons. The summed E-state index contributed by atoms with van der Waals surface area (Å²) in [6.45, 7) is 9.28. The number of anilines is 2. The highest BCUT2D eigenvalue weighted by Gasteiger charge is 2.27. The third-order valence-corrected chi connectivity index (χ3v) is 6.55. The van der Waals surface area contributed by atoms with Gasteiger partial charge in [0.05, 0.1) is 24.7 Å². The number of hydrogen-bond acceptors (Lipinski definition) is 8. The molecule has 2 aromatic heterocycles. The summed E-state index contributed by atoms with van der Waals surface area (Å²) < 4.78 is 7.67. The Morgan fingerprint density at radius 3 is 2.76 bits per heavy atom. The first-order chi connectivity index (χ1) is 16.0. The fourth-order valence-corrected chi connectivity index (χ4v) is 4.43. The number of ether oxygens (including phenoxy) is 1. The van der Waals surface area contributed by atoms with Crippen molar-refractivity contribution >= 4 is 28.8 Å². The molecule has 2 aliphatic rings. The lowest BCUT2D eigenvalue weighted by atomic mass is 10.0. The third-order valence-electron chi connectivity index (χ3n) is 6.55. The van der Waals surface area contributed by atoms with Gasteiger partial charge in [-0.3, -0.25) is 0 Å². The first-order valence-electron chi connectivity index (χ1n) is 12.2. The molecular formula is C23H37N7O3. The predicted octanol–water partition coefficient (Wildman–Crippen LogP) is 2.57. The minimum Gasteiger partial charge on any atom is -0.445 e. The molecule has 2 saturated heterocycles. The van der Waals surface area contributed by atoms with Crippen LogP contribution in [-0.4, -0.2) is 81.6 Å². The Hall–Kier alpha value is -2.59. The summed E-state index contributed by atoms with van der Waals surface area (Å²) in [5, 5.41) is 19.8. The van der Waals surface area contributed by atoms with E-state index in [4.69, 9.17) is 9.72 Å². The van der Waals surface area contributed by atoms with Crippen LogP contribution in [0, 0.1) is 0 Å². The summed E-state index contributed by atoms with van der Waals surface area (Å²) in [5.41, 5.74) is 2.58. The second kappa shape index (κ2) is 10.6. The van der Waals surface area contributed by atoms with Crippen LogP contribution in [0.3, 0.4) is 0 Å². The molecule has 33 heavy (non-hydrogen) atoms. The molecule has 2 aromatic rings. The quantitative estimate of drug-likeness (QED) is 0.476. The SMILES string of the molecule is CC[C@H](CO)Nc1cc(NC2CCN(C(=O)O[C@H]3CCNC3)CC2)c2ncn(C(C)C)c2n1. The van der Waals surface area contributed by atoms with Crippen molar-refractivity contribution in [3.63, 3.8) is 0 Å². The molecule has 1 amide bonds. The van der Waals surface area contributed by atoms with Gasteiger partial charge in [0.1, 0.15) is 17.4 Å². The minimum absolute atomic E-state index is 0.00805. The molecule has 2 fully saturated rings. The highest BCUT2D eigenvalue weighted by molar-refractivity contribution is 5.88. The molecule has 4 rings (SSSR count). The number of rotatable bonds is 8. The maximum atomic E-state index is 12.5. The largest absolute Gasteiger partial charge is 0.445 e. The molecule has 0 spiro atoms. The van der Waals surface area contributed by atoms with Crippen molar-refractivity contribution in [1.82, 2.24) is 24.8 Å². The van der Waals surface area contributed by atoms with E-state index in [2.05, 4.69) is 39.3 Å². The Morgan fingerprint density at radius 2 is 2.12 bits per heavy atom. The molecule has 2 aliphatic heterocycles. The molecular weight excluding hydrogens is 422 g/mol. The second-order valence-electron chi connectivity index (χ2n) is 9.31. The number of piperidine rings is 1.